The van der Waals surface area contributed by atoms with E-state index in [1.165, 1.54) is 32.4 Å². The van der Waals surface area contributed by atoms with Gasteiger partial charge in [0.2, 0.25) is 5.69 Å². The van der Waals surface area contributed by atoms with E-state index in [2.05, 4.69) is 151 Å². The molecule has 0 saturated carbocycles. The predicted octanol–water partition coefficient (Wildman–Crippen LogP) is 4.80. The molecule has 0 amide bonds. The molecular formula is C30H28N2P+. The lowest BCUT2D eigenvalue weighted by molar-refractivity contribution is -0.324. The van der Waals surface area contributed by atoms with Crippen molar-refractivity contribution in [2.45, 2.75) is 0 Å². The highest BCUT2D eigenvalue weighted by Gasteiger charge is 2.34. The Labute approximate surface area is 196 Å². The number of rotatable bonds is 5. The summed E-state index contributed by atoms with van der Waals surface area (Å²) in [5.41, 5.74) is 2.37. The van der Waals surface area contributed by atoms with Crippen molar-refractivity contribution in [1.29, 1.82) is 0 Å². The fourth-order valence-electron chi connectivity index (χ4n) is 4.56. The third-order valence-electron chi connectivity index (χ3n) is 6.08. The standard InChI is InChI=1S/C30H27N2P/c1-32(2)29-23-13-15-24-14-12-22-28(30(24)29)31-33(25-16-6-3-7-17-25,26-18-8-4-9-19-26)27-20-10-5-11-21-27/h3-23H,1-2H3/p+1. The Morgan fingerprint density at radius 3 is 1.42 bits per heavy atom. The number of hydrogen-bond acceptors (Lipinski definition) is 1. The number of fused-ring (bicyclic) bond motifs is 1. The molecule has 3 heteroatoms. The summed E-state index contributed by atoms with van der Waals surface area (Å²) in [6.45, 7) is 0. The van der Waals surface area contributed by atoms with Crippen LogP contribution in [0.1, 0.15) is 0 Å². The molecule has 2 nitrogen and oxygen atoms in total. The minimum absolute atomic E-state index is 1.15. The first-order valence-corrected chi connectivity index (χ1v) is 13.0. The average molecular weight is 448 g/mol. The van der Waals surface area contributed by atoms with E-state index in [9.17, 15) is 0 Å². The van der Waals surface area contributed by atoms with Gasteiger partial charge in [-0.15, -0.1) is 0 Å². The van der Waals surface area contributed by atoms with Crippen LogP contribution in [-0.2, 0) is 0 Å². The third-order valence-corrected chi connectivity index (χ3v) is 9.88. The number of anilines is 1. The molecule has 0 aliphatic rings. The molecule has 0 unspecified atom stereocenters. The zero-order valence-corrected chi connectivity index (χ0v) is 19.9. The van der Waals surface area contributed by atoms with Crippen LogP contribution in [0.4, 0.5) is 11.4 Å². The molecule has 0 atom stereocenters. The van der Waals surface area contributed by atoms with E-state index in [1.54, 1.807) is 0 Å². The van der Waals surface area contributed by atoms with Crippen LogP contribution in [0.5, 0.6) is 0 Å². The maximum absolute atomic E-state index is 4.16. The summed E-state index contributed by atoms with van der Waals surface area (Å²) in [6.07, 6.45) is 0. The number of nitrogens with zero attached hydrogens (tertiary/aromatic N) is 1. The van der Waals surface area contributed by atoms with Gasteiger partial charge in [0, 0.05) is 36.1 Å². The Kier molecular flexibility index (Phi) is 5.86. The van der Waals surface area contributed by atoms with Crippen LogP contribution in [0, 0.1) is 0 Å². The normalized spacial score (nSPS) is 11.3. The molecule has 0 fully saturated rings. The molecule has 1 N–H and O–H groups in total. The van der Waals surface area contributed by atoms with Gasteiger partial charge in [-0.25, -0.2) is 4.74 Å². The monoisotopic (exact) mass is 447 g/mol. The topological polar surface area (TPSA) is 17.2 Å². The van der Waals surface area contributed by atoms with Gasteiger partial charge in [-0.3, -0.25) is 0 Å². The zero-order valence-electron chi connectivity index (χ0n) is 19.0. The Hall–Kier alpha value is -3.61. The second kappa shape index (κ2) is 9.10. The molecular weight excluding hydrogens is 419 g/mol. The van der Waals surface area contributed by atoms with Crippen LogP contribution in [0.15, 0.2) is 127 Å². The van der Waals surface area contributed by atoms with Gasteiger partial charge in [0.25, 0.3) is 0 Å². The summed E-state index contributed by atoms with van der Waals surface area (Å²) in [5, 5.41) is 6.40. The largest absolute Gasteiger partial charge is 0.377 e. The second-order valence-corrected chi connectivity index (χ2v) is 11.5. The Balaban J connectivity index is 1.97. The molecule has 0 heterocycles. The van der Waals surface area contributed by atoms with Crippen LogP contribution >= 0.6 is 7.05 Å². The molecule has 0 spiro atoms. The molecule has 0 aromatic heterocycles. The maximum Gasteiger partial charge on any atom is 0.209 e. The molecule has 5 rings (SSSR count). The lowest BCUT2D eigenvalue weighted by Crippen LogP contribution is -2.65. The molecule has 0 bridgehead atoms. The van der Waals surface area contributed by atoms with Crippen LogP contribution in [0.2, 0.25) is 0 Å². The Morgan fingerprint density at radius 2 is 0.970 bits per heavy atom. The van der Waals surface area contributed by atoms with Crippen LogP contribution in [0.3, 0.4) is 0 Å². The summed E-state index contributed by atoms with van der Waals surface area (Å²) in [5.74, 6) is 0. The summed E-state index contributed by atoms with van der Waals surface area (Å²) >= 11 is 0. The van der Waals surface area contributed by atoms with Gasteiger partial charge in [-0.2, -0.15) is 0 Å². The molecule has 5 aromatic rings. The average Bonchev–Trinajstić information content (AvgIpc) is 2.88. The van der Waals surface area contributed by atoms with Crippen LogP contribution in [0.25, 0.3) is 10.8 Å². The van der Waals surface area contributed by atoms with Crippen molar-refractivity contribution in [2.75, 3.05) is 19.0 Å². The third kappa shape index (κ3) is 3.88. The summed E-state index contributed by atoms with van der Waals surface area (Å²) in [7, 11) is 2.02. The molecule has 162 valence electrons. The first-order valence-electron chi connectivity index (χ1n) is 11.2. The minimum atomic E-state index is -2.20. The Bertz CT molecular complexity index is 1320. The lowest BCUT2D eigenvalue weighted by atomic mass is 10.1. The fourth-order valence-corrected chi connectivity index (χ4v) is 8.25. The van der Waals surface area contributed by atoms with Gasteiger partial charge in [0.05, 0.1) is 11.1 Å². The SMILES string of the molecule is CN(C)c1cccc2cccc([NH+]=P(c3ccccc3)(c3ccccc3)c3ccccc3)c12. The predicted molar refractivity (Wildman–Crippen MR) is 144 cm³/mol. The molecule has 5 aromatic carbocycles. The second-order valence-electron chi connectivity index (χ2n) is 8.36. The quantitative estimate of drug-likeness (QED) is 0.383. The van der Waals surface area contributed by atoms with E-state index < -0.39 is 7.05 Å². The van der Waals surface area contributed by atoms with Gasteiger partial charge >= 0.3 is 0 Å². The highest BCUT2D eigenvalue weighted by atomic mass is 31.2. The van der Waals surface area contributed by atoms with E-state index in [0.717, 1.165) is 5.69 Å². The summed E-state index contributed by atoms with van der Waals surface area (Å²) < 4.78 is 4.16. The van der Waals surface area contributed by atoms with Gasteiger partial charge < -0.3 is 4.90 Å². The lowest BCUT2D eigenvalue weighted by Gasteiger charge is -2.22. The van der Waals surface area contributed by atoms with Crippen molar-refractivity contribution in [2.24, 2.45) is 0 Å². The number of hydrogen-bond donors (Lipinski definition) is 1. The van der Waals surface area contributed by atoms with Crippen molar-refractivity contribution < 1.29 is 4.74 Å². The highest BCUT2D eigenvalue weighted by molar-refractivity contribution is 7.85. The molecule has 0 radical (unpaired) electrons. The first-order chi connectivity index (χ1) is 16.2. The molecule has 0 aliphatic carbocycles. The van der Waals surface area contributed by atoms with E-state index in [4.69, 9.17) is 0 Å². The van der Waals surface area contributed by atoms with Crippen molar-refractivity contribution >= 4 is 45.1 Å². The number of benzene rings is 5. The van der Waals surface area contributed by atoms with E-state index >= 15 is 0 Å². The van der Waals surface area contributed by atoms with Crippen LogP contribution in [-0.4, -0.2) is 14.1 Å². The van der Waals surface area contributed by atoms with Crippen molar-refractivity contribution in [3.63, 3.8) is 0 Å². The molecule has 0 aliphatic heterocycles. The van der Waals surface area contributed by atoms with E-state index in [-0.39, 0.29) is 0 Å². The van der Waals surface area contributed by atoms with Gasteiger partial charge in [-0.05, 0) is 47.9 Å². The summed E-state index contributed by atoms with van der Waals surface area (Å²) in [4.78, 5) is 2.20. The van der Waals surface area contributed by atoms with Gasteiger partial charge in [0.15, 0.2) is 7.05 Å². The van der Waals surface area contributed by atoms with Crippen molar-refractivity contribution in [3.8, 4) is 0 Å². The van der Waals surface area contributed by atoms with Gasteiger partial charge in [-0.1, -0.05) is 78.9 Å². The van der Waals surface area contributed by atoms with E-state index in [1.807, 2.05) is 0 Å². The van der Waals surface area contributed by atoms with Gasteiger partial charge in [0.1, 0.15) is 0 Å². The van der Waals surface area contributed by atoms with Crippen molar-refractivity contribution in [3.05, 3.63) is 127 Å². The minimum Gasteiger partial charge on any atom is -0.377 e. The van der Waals surface area contributed by atoms with Crippen molar-refractivity contribution in [1.82, 2.24) is 0 Å². The number of nitrogens with one attached hydrogen (secondary N) is 1. The molecule has 0 saturated heterocycles. The first kappa shape index (κ1) is 21.2. The molecule has 33 heavy (non-hydrogen) atoms. The smallest absolute Gasteiger partial charge is 0.209 e. The fraction of sp³-hybridized carbons (Fsp3) is 0.0667. The zero-order chi connectivity index (χ0) is 22.7. The van der Waals surface area contributed by atoms with E-state index in [0.29, 0.717) is 0 Å². The Morgan fingerprint density at radius 1 is 0.515 bits per heavy atom. The summed E-state index contributed by atoms with van der Waals surface area (Å²) in [6, 6.07) is 45.8. The van der Waals surface area contributed by atoms with Crippen LogP contribution < -0.4 is 25.6 Å². The maximum atomic E-state index is 4.16. The highest BCUT2D eigenvalue weighted by Crippen LogP contribution is 2.40.